The number of thiazole rings is 1. The van der Waals surface area contributed by atoms with Gasteiger partial charge in [-0.15, -0.1) is 11.3 Å². The van der Waals surface area contributed by atoms with E-state index in [1.54, 1.807) is 5.51 Å². The molecule has 1 aromatic carbocycles. The molecule has 1 saturated heterocycles. The van der Waals surface area contributed by atoms with Crippen molar-refractivity contribution in [2.24, 2.45) is 0 Å². The fourth-order valence-electron chi connectivity index (χ4n) is 2.94. The van der Waals surface area contributed by atoms with Gasteiger partial charge in [0.05, 0.1) is 22.8 Å². The van der Waals surface area contributed by atoms with E-state index in [1.807, 2.05) is 23.6 Å². The molecule has 0 spiro atoms. The first-order chi connectivity index (χ1) is 12.7. The molecular formula is C18H18ClN3O3S. The van der Waals surface area contributed by atoms with Gasteiger partial charge in [-0.2, -0.15) is 0 Å². The predicted molar refractivity (Wildman–Crippen MR) is 101 cm³/mol. The molecule has 6 nitrogen and oxygen atoms in total. The van der Waals surface area contributed by atoms with Crippen molar-refractivity contribution in [3.63, 3.8) is 0 Å². The van der Waals surface area contributed by atoms with E-state index in [9.17, 15) is 4.79 Å². The summed E-state index contributed by atoms with van der Waals surface area (Å²) in [6.45, 7) is 1.45. The number of carbonyl (C=O) groups is 1. The fraction of sp³-hybridized carbons (Fsp3) is 0.333. The van der Waals surface area contributed by atoms with Crippen molar-refractivity contribution >= 4 is 39.7 Å². The van der Waals surface area contributed by atoms with Crippen LogP contribution in [0.3, 0.4) is 0 Å². The SMILES string of the molecule is O=C(NCc1cc2cc(Cl)c(OCc3cscn3)cc2[nH]1)[C@H]1CCCO1. The second-order valence-electron chi connectivity index (χ2n) is 6.15. The zero-order valence-electron chi connectivity index (χ0n) is 14.0. The molecule has 0 bridgehead atoms. The molecule has 1 aliphatic heterocycles. The molecule has 8 heteroatoms. The van der Waals surface area contributed by atoms with Crippen LogP contribution in [0.1, 0.15) is 24.2 Å². The third-order valence-electron chi connectivity index (χ3n) is 4.26. The Morgan fingerprint density at radius 1 is 1.46 bits per heavy atom. The van der Waals surface area contributed by atoms with Gasteiger partial charge in [0.25, 0.3) is 0 Å². The van der Waals surface area contributed by atoms with Gasteiger partial charge in [0.2, 0.25) is 5.91 Å². The largest absolute Gasteiger partial charge is 0.486 e. The van der Waals surface area contributed by atoms with E-state index in [0.29, 0.717) is 30.5 Å². The number of hydrogen-bond acceptors (Lipinski definition) is 5. The van der Waals surface area contributed by atoms with E-state index < -0.39 is 0 Å². The number of hydrogen-bond donors (Lipinski definition) is 2. The Bertz CT molecular complexity index is 904. The van der Waals surface area contributed by atoms with Crippen LogP contribution in [0, 0.1) is 0 Å². The Balaban J connectivity index is 1.43. The summed E-state index contributed by atoms with van der Waals surface area (Å²) in [6.07, 6.45) is 1.40. The molecule has 3 aromatic rings. The fourth-order valence-corrected chi connectivity index (χ4v) is 3.71. The first-order valence-corrected chi connectivity index (χ1v) is 9.71. The third kappa shape index (κ3) is 3.85. The van der Waals surface area contributed by atoms with Gasteiger partial charge in [0.1, 0.15) is 18.5 Å². The quantitative estimate of drug-likeness (QED) is 0.672. The molecule has 1 atom stereocenters. The lowest BCUT2D eigenvalue weighted by Crippen LogP contribution is -2.33. The number of halogens is 1. The van der Waals surface area contributed by atoms with Gasteiger partial charge >= 0.3 is 0 Å². The Kier molecular flexibility index (Phi) is 5.10. The average molecular weight is 392 g/mol. The summed E-state index contributed by atoms with van der Waals surface area (Å²) in [6, 6.07) is 5.70. The highest BCUT2D eigenvalue weighted by molar-refractivity contribution is 7.07. The highest BCUT2D eigenvalue weighted by Crippen LogP contribution is 2.31. The molecule has 1 fully saturated rings. The maximum Gasteiger partial charge on any atom is 0.249 e. The van der Waals surface area contributed by atoms with Gasteiger partial charge in [-0.05, 0) is 25.0 Å². The second kappa shape index (κ2) is 7.65. The monoisotopic (exact) mass is 391 g/mol. The molecule has 2 aromatic heterocycles. The summed E-state index contributed by atoms with van der Waals surface area (Å²) in [5, 5.41) is 6.36. The second-order valence-corrected chi connectivity index (χ2v) is 7.28. The number of amides is 1. The predicted octanol–water partition coefficient (Wildman–Crippen LogP) is 3.65. The van der Waals surface area contributed by atoms with Crippen molar-refractivity contribution in [3.8, 4) is 5.75 Å². The summed E-state index contributed by atoms with van der Waals surface area (Å²) in [5.41, 5.74) is 4.45. The third-order valence-corrected chi connectivity index (χ3v) is 5.19. The van der Waals surface area contributed by atoms with Crippen LogP contribution in [-0.4, -0.2) is 28.6 Å². The van der Waals surface area contributed by atoms with Crippen molar-refractivity contribution in [1.29, 1.82) is 0 Å². The number of nitrogens with one attached hydrogen (secondary N) is 2. The van der Waals surface area contributed by atoms with Crippen LogP contribution in [0.25, 0.3) is 10.9 Å². The Labute approximate surface area is 159 Å². The van der Waals surface area contributed by atoms with Crippen LogP contribution in [0.15, 0.2) is 29.1 Å². The standard InChI is InChI=1S/C18H18ClN3O3S/c19-14-5-11-4-12(7-20-18(23)16-2-1-3-24-16)22-15(11)6-17(14)25-8-13-9-26-10-21-13/h4-6,9-10,16,22H,1-3,7-8H2,(H,20,23)/t16-/m1/s1. The van der Waals surface area contributed by atoms with Crippen LogP contribution >= 0.6 is 22.9 Å². The maximum absolute atomic E-state index is 12.0. The summed E-state index contributed by atoms with van der Waals surface area (Å²) in [4.78, 5) is 19.5. The number of aromatic nitrogens is 2. The van der Waals surface area contributed by atoms with Crippen LogP contribution in [0.2, 0.25) is 5.02 Å². The summed E-state index contributed by atoms with van der Waals surface area (Å²) in [7, 11) is 0. The smallest absolute Gasteiger partial charge is 0.249 e. The molecule has 1 aliphatic rings. The molecule has 3 heterocycles. The number of aromatic amines is 1. The van der Waals surface area contributed by atoms with Crippen molar-refractivity contribution < 1.29 is 14.3 Å². The molecule has 0 aliphatic carbocycles. The Morgan fingerprint density at radius 3 is 3.15 bits per heavy atom. The van der Waals surface area contributed by atoms with Gasteiger partial charge < -0.3 is 19.8 Å². The molecule has 136 valence electrons. The zero-order valence-corrected chi connectivity index (χ0v) is 15.5. The average Bonchev–Trinajstić information content (AvgIpc) is 3.38. The normalized spacial score (nSPS) is 16.9. The van der Waals surface area contributed by atoms with E-state index in [-0.39, 0.29) is 12.0 Å². The molecule has 1 amide bonds. The van der Waals surface area contributed by atoms with E-state index in [2.05, 4.69) is 15.3 Å². The van der Waals surface area contributed by atoms with Crippen LogP contribution < -0.4 is 10.1 Å². The minimum atomic E-state index is -0.320. The van der Waals surface area contributed by atoms with Gasteiger partial charge in [0.15, 0.2) is 0 Å². The molecule has 4 rings (SSSR count). The Morgan fingerprint density at radius 2 is 2.38 bits per heavy atom. The first kappa shape index (κ1) is 17.3. The van der Waals surface area contributed by atoms with Crippen molar-refractivity contribution in [2.75, 3.05) is 6.61 Å². The number of H-pyrrole nitrogens is 1. The first-order valence-electron chi connectivity index (χ1n) is 8.39. The summed E-state index contributed by atoms with van der Waals surface area (Å²) in [5.74, 6) is 0.537. The molecule has 26 heavy (non-hydrogen) atoms. The molecule has 0 saturated carbocycles. The topological polar surface area (TPSA) is 76.2 Å². The minimum absolute atomic E-state index is 0.0635. The lowest BCUT2D eigenvalue weighted by Gasteiger charge is -2.09. The molecular weight excluding hydrogens is 374 g/mol. The van der Waals surface area contributed by atoms with Crippen molar-refractivity contribution in [1.82, 2.24) is 15.3 Å². The van der Waals surface area contributed by atoms with Crippen molar-refractivity contribution in [2.45, 2.75) is 32.1 Å². The number of benzene rings is 1. The number of rotatable bonds is 6. The highest BCUT2D eigenvalue weighted by Gasteiger charge is 2.23. The summed E-state index contributed by atoms with van der Waals surface area (Å²) >= 11 is 7.85. The number of ether oxygens (including phenoxy) is 2. The molecule has 0 radical (unpaired) electrons. The van der Waals surface area contributed by atoms with E-state index in [0.717, 1.165) is 35.1 Å². The van der Waals surface area contributed by atoms with Crippen LogP contribution in [-0.2, 0) is 22.7 Å². The van der Waals surface area contributed by atoms with Gasteiger partial charge in [0, 0.05) is 34.7 Å². The summed E-state index contributed by atoms with van der Waals surface area (Å²) < 4.78 is 11.2. The van der Waals surface area contributed by atoms with Crippen LogP contribution in [0.4, 0.5) is 0 Å². The number of fused-ring (bicyclic) bond motifs is 1. The van der Waals surface area contributed by atoms with E-state index >= 15 is 0 Å². The zero-order chi connectivity index (χ0) is 17.9. The lowest BCUT2D eigenvalue weighted by atomic mass is 10.2. The Hall–Kier alpha value is -2.09. The van der Waals surface area contributed by atoms with Crippen LogP contribution in [0.5, 0.6) is 5.75 Å². The van der Waals surface area contributed by atoms with E-state index in [4.69, 9.17) is 21.1 Å². The molecule has 0 unspecified atom stereocenters. The van der Waals surface area contributed by atoms with E-state index in [1.165, 1.54) is 11.3 Å². The maximum atomic E-state index is 12.0. The number of nitrogens with zero attached hydrogens (tertiary/aromatic N) is 1. The lowest BCUT2D eigenvalue weighted by molar-refractivity contribution is -0.130. The van der Waals surface area contributed by atoms with Gasteiger partial charge in [-0.3, -0.25) is 4.79 Å². The van der Waals surface area contributed by atoms with Gasteiger partial charge in [-0.25, -0.2) is 4.98 Å². The highest BCUT2D eigenvalue weighted by atomic mass is 35.5. The van der Waals surface area contributed by atoms with Gasteiger partial charge in [-0.1, -0.05) is 11.6 Å². The van der Waals surface area contributed by atoms with Crippen molar-refractivity contribution in [3.05, 3.63) is 45.5 Å². The number of carbonyl (C=O) groups excluding carboxylic acids is 1. The molecule has 2 N–H and O–H groups in total. The minimum Gasteiger partial charge on any atom is -0.486 e.